The third-order valence-electron chi connectivity index (χ3n) is 4.41. The molecule has 0 bridgehead atoms. The Morgan fingerprint density at radius 1 is 1.26 bits per heavy atom. The standard InChI is InChI=1S/C20H30O2Si/c1-8-14-20(4,5)16(2)15-19(22-17(3)21)23(6,7)18-12-10-9-11-13-18/h9-13,15H,2,8,14H2,1,3-7H3/b19-15-. The van der Waals surface area contributed by atoms with Crippen molar-refractivity contribution in [2.45, 2.75) is 53.6 Å². The first-order chi connectivity index (χ1) is 10.6. The quantitative estimate of drug-likeness (QED) is 0.305. The van der Waals surface area contributed by atoms with Crippen molar-refractivity contribution in [3.05, 3.63) is 53.9 Å². The van der Waals surface area contributed by atoms with Crippen molar-refractivity contribution in [3.8, 4) is 0 Å². The maximum absolute atomic E-state index is 11.6. The number of rotatable bonds is 7. The molecule has 0 saturated heterocycles. The van der Waals surface area contributed by atoms with Crippen LogP contribution in [0.5, 0.6) is 0 Å². The maximum atomic E-state index is 11.6. The molecule has 2 nitrogen and oxygen atoms in total. The Morgan fingerprint density at radius 2 is 1.83 bits per heavy atom. The summed E-state index contributed by atoms with van der Waals surface area (Å²) in [6.45, 7) is 16.7. The molecule has 126 valence electrons. The van der Waals surface area contributed by atoms with Gasteiger partial charge in [-0.2, -0.15) is 0 Å². The van der Waals surface area contributed by atoms with Crippen molar-refractivity contribution in [1.29, 1.82) is 0 Å². The molecule has 1 rings (SSSR count). The zero-order valence-electron chi connectivity index (χ0n) is 15.4. The van der Waals surface area contributed by atoms with Crippen molar-refractivity contribution in [3.63, 3.8) is 0 Å². The lowest BCUT2D eigenvalue weighted by atomic mass is 9.81. The Hall–Kier alpha value is -1.61. The minimum atomic E-state index is -2.08. The lowest BCUT2D eigenvalue weighted by molar-refractivity contribution is -0.136. The van der Waals surface area contributed by atoms with Gasteiger partial charge in [-0.05, 0) is 23.5 Å². The van der Waals surface area contributed by atoms with Crippen LogP contribution in [0.4, 0.5) is 0 Å². The average molecular weight is 331 g/mol. The molecule has 0 aliphatic rings. The van der Waals surface area contributed by atoms with Crippen molar-refractivity contribution in [2.75, 3.05) is 0 Å². The Kier molecular flexibility index (Phi) is 6.57. The summed E-state index contributed by atoms with van der Waals surface area (Å²) in [5.74, 6) is -0.270. The van der Waals surface area contributed by atoms with Gasteiger partial charge in [-0.15, -0.1) is 0 Å². The van der Waals surface area contributed by atoms with Crippen LogP contribution in [0, 0.1) is 5.41 Å². The van der Waals surface area contributed by atoms with Crippen molar-refractivity contribution in [1.82, 2.24) is 0 Å². The highest BCUT2D eigenvalue weighted by atomic mass is 28.3. The van der Waals surface area contributed by atoms with Crippen LogP contribution in [0.3, 0.4) is 0 Å². The molecular formula is C20H30O2Si. The summed E-state index contributed by atoms with van der Waals surface area (Å²) < 4.78 is 5.64. The lowest BCUT2D eigenvalue weighted by Gasteiger charge is -2.29. The van der Waals surface area contributed by atoms with E-state index < -0.39 is 8.07 Å². The van der Waals surface area contributed by atoms with Crippen molar-refractivity contribution >= 4 is 19.2 Å². The van der Waals surface area contributed by atoms with E-state index in [1.165, 1.54) is 12.1 Å². The molecule has 0 aromatic heterocycles. The zero-order chi connectivity index (χ0) is 17.7. The summed E-state index contributed by atoms with van der Waals surface area (Å²) >= 11 is 0. The Labute approximate surface area is 142 Å². The van der Waals surface area contributed by atoms with E-state index in [-0.39, 0.29) is 11.4 Å². The van der Waals surface area contributed by atoms with Crippen LogP contribution in [0.1, 0.15) is 40.5 Å². The second kappa shape index (κ2) is 7.78. The van der Waals surface area contributed by atoms with E-state index >= 15 is 0 Å². The predicted molar refractivity (Wildman–Crippen MR) is 101 cm³/mol. The highest BCUT2D eigenvalue weighted by Gasteiger charge is 2.32. The Morgan fingerprint density at radius 3 is 2.30 bits per heavy atom. The number of carbonyl (C=O) groups is 1. The molecule has 0 saturated carbocycles. The van der Waals surface area contributed by atoms with Gasteiger partial charge in [-0.3, -0.25) is 4.79 Å². The molecule has 0 fully saturated rings. The number of allylic oxidation sites excluding steroid dienone is 2. The van der Waals surface area contributed by atoms with Gasteiger partial charge in [-0.25, -0.2) is 0 Å². The number of esters is 1. The van der Waals surface area contributed by atoms with Gasteiger partial charge in [0.15, 0.2) is 8.07 Å². The minimum Gasteiger partial charge on any atom is -0.436 e. The highest BCUT2D eigenvalue weighted by Crippen LogP contribution is 2.33. The number of hydrogen-bond donors (Lipinski definition) is 0. The van der Waals surface area contributed by atoms with Gasteiger partial charge >= 0.3 is 5.97 Å². The summed E-state index contributed by atoms with van der Waals surface area (Å²) in [5.41, 5.74) is 1.02. The smallest absolute Gasteiger partial charge is 0.307 e. The molecule has 0 atom stereocenters. The predicted octanol–water partition coefficient (Wildman–Crippen LogP) is 4.97. The van der Waals surface area contributed by atoms with E-state index in [0.717, 1.165) is 23.8 Å². The molecule has 1 aromatic rings. The highest BCUT2D eigenvalue weighted by molar-refractivity contribution is 6.95. The summed E-state index contributed by atoms with van der Waals surface area (Å²) in [7, 11) is -2.08. The molecule has 0 heterocycles. The average Bonchev–Trinajstić information content (AvgIpc) is 2.46. The van der Waals surface area contributed by atoms with Gasteiger partial charge in [0.1, 0.15) is 0 Å². The van der Waals surface area contributed by atoms with E-state index in [1.807, 2.05) is 24.3 Å². The van der Waals surface area contributed by atoms with Crippen LogP contribution < -0.4 is 5.19 Å². The molecule has 0 aliphatic heterocycles. The third kappa shape index (κ3) is 5.21. The Bertz CT molecular complexity index is 583. The largest absolute Gasteiger partial charge is 0.436 e. The zero-order valence-corrected chi connectivity index (χ0v) is 16.4. The molecular weight excluding hydrogens is 300 g/mol. The van der Waals surface area contributed by atoms with Gasteiger partial charge in [0, 0.05) is 6.92 Å². The molecule has 0 unspecified atom stereocenters. The normalized spacial score (nSPS) is 12.9. The van der Waals surface area contributed by atoms with Gasteiger partial charge in [-0.1, -0.05) is 82.4 Å². The molecule has 0 aliphatic carbocycles. The van der Waals surface area contributed by atoms with E-state index in [2.05, 4.69) is 52.6 Å². The summed E-state index contributed by atoms with van der Waals surface area (Å²) in [6.07, 6.45) is 4.17. The molecule has 3 heteroatoms. The number of benzene rings is 1. The molecule has 1 aromatic carbocycles. The van der Waals surface area contributed by atoms with Crippen LogP contribution >= 0.6 is 0 Å². The van der Waals surface area contributed by atoms with Crippen molar-refractivity contribution < 1.29 is 9.53 Å². The Balaban J connectivity index is 3.26. The van der Waals surface area contributed by atoms with Crippen molar-refractivity contribution in [2.24, 2.45) is 5.41 Å². The topological polar surface area (TPSA) is 26.3 Å². The van der Waals surface area contributed by atoms with E-state index in [1.54, 1.807) is 0 Å². The summed E-state index contributed by atoms with van der Waals surface area (Å²) in [4.78, 5) is 11.6. The molecule has 0 amide bonds. The first-order valence-corrected chi connectivity index (χ1v) is 11.3. The molecule has 0 N–H and O–H groups in total. The van der Waals surface area contributed by atoms with Crippen LogP contribution in [0.15, 0.2) is 53.9 Å². The van der Waals surface area contributed by atoms with Gasteiger partial charge in [0.25, 0.3) is 0 Å². The summed E-state index contributed by atoms with van der Waals surface area (Å²) in [5, 5.41) is 2.03. The summed E-state index contributed by atoms with van der Waals surface area (Å²) in [6, 6.07) is 10.3. The lowest BCUT2D eigenvalue weighted by Crippen LogP contribution is -2.45. The van der Waals surface area contributed by atoms with Gasteiger partial charge in [0.2, 0.25) is 0 Å². The molecule has 0 radical (unpaired) electrons. The SMILES string of the molecule is C=C(/C=C(/OC(C)=O)[Si](C)(C)c1ccccc1)C(C)(C)CCC. The number of ether oxygens (including phenoxy) is 1. The van der Waals surface area contributed by atoms with E-state index in [4.69, 9.17) is 4.74 Å². The van der Waals surface area contributed by atoms with E-state index in [9.17, 15) is 4.79 Å². The van der Waals surface area contributed by atoms with Gasteiger partial charge < -0.3 is 4.74 Å². The number of carbonyl (C=O) groups excluding carboxylic acids is 1. The second-order valence-electron chi connectivity index (χ2n) is 7.25. The number of hydrogen-bond acceptors (Lipinski definition) is 2. The second-order valence-corrected chi connectivity index (χ2v) is 11.6. The van der Waals surface area contributed by atoms with Crippen LogP contribution in [-0.2, 0) is 9.53 Å². The fourth-order valence-corrected chi connectivity index (χ4v) is 4.87. The third-order valence-corrected chi connectivity index (χ3v) is 7.67. The minimum absolute atomic E-state index is 0.00131. The van der Waals surface area contributed by atoms with Gasteiger partial charge in [0.05, 0.1) is 5.38 Å². The van der Waals surface area contributed by atoms with Crippen LogP contribution in [0.25, 0.3) is 0 Å². The van der Waals surface area contributed by atoms with E-state index in [0.29, 0.717) is 0 Å². The fourth-order valence-electron chi connectivity index (χ4n) is 2.63. The molecule has 0 spiro atoms. The maximum Gasteiger partial charge on any atom is 0.307 e. The molecule has 23 heavy (non-hydrogen) atoms. The van der Waals surface area contributed by atoms with Crippen LogP contribution in [-0.4, -0.2) is 14.0 Å². The first kappa shape index (κ1) is 19.4. The fraction of sp³-hybridized carbons (Fsp3) is 0.450. The monoisotopic (exact) mass is 330 g/mol. The van der Waals surface area contributed by atoms with Crippen LogP contribution in [0.2, 0.25) is 13.1 Å². The first-order valence-electron chi connectivity index (χ1n) is 8.26.